The number of hydrogen-bond acceptors (Lipinski definition) is 4. The van der Waals surface area contributed by atoms with Crippen molar-refractivity contribution in [1.29, 1.82) is 0 Å². The maximum Gasteiger partial charge on any atom is 0.281 e. The first-order valence-corrected chi connectivity index (χ1v) is 5.33. The zero-order valence-electron chi connectivity index (χ0n) is 8.98. The van der Waals surface area contributed by atoms with Gasteiger partial charge in [0.2, 0.25) is 5.95 Å². The van der Waals surface area contributed by atoms with Crippen molar-refractivity contribution >= 4 is 11.9 Å². The third-order valence-corrected chi connectivity index (χ3v) is 2.43. The molecule has 0 bridgehead atoms. The molecule has 1 saturated heterocycles. The minimum Gasteiger partial charge on any atom is -0.370 e. The molecule has 1 fully saturated rings. The van der Waals surface area contributed by atoms with Crippen LogP contribution < -0.4 is 10.2 Å². The summed E-state index contributed by atoms with van der Waals surface area (Å²) in [6.45, 7) is 3.66. The van der Waals surface area contributed by atoms with Crippen LogP contribution in [-0.2, 0) is 9.53 Å². The van der Waals surface area contributed by atoms with E-state index in [1.807, 2.05) is 0 Å². The second-order valence-electron chi connectivity index (χ2n) is 3.66. The van der Waals surface area contributed by atoms with Crippen LogP contribution in [0.2, 0.25) is 0 Å². The van der Waals surface area contributed by atoms with Crippen LogP contribution in [0.25, 0.3) is 0 Å². The number of amides is 1. The number of carbonyl (C=O) groups is 1. The van der Waals surface area contributed by atoms with Gasteiger partial charge in [0.05, 0.1) is 13.2 Å². The Labute approximate surface area is 93.6 Å². The van der Waals surface area contributed by atoms with Crippen molar-refractivity contribution in [2.24, 2.45) is 0 Å². The number of ether oxygens (including phenoxy) is 1. The number of hydrogen-bond donors (Lipinski definition) is 2. The SMILES string of the molecule is O=C(C[NH+]1CCOCC1)Nc1ncccn1. The van der Waals surface area contributed by atoms with Crippen molar-refractivity contribution in [3.63, 3.8) is 0 Å². The lowest BCUT2D eigenvalue weighted by Gasteiger charge is -2.22. The molecule has 0 saturated carbocycles. The van der Waals surface area contributed by atoms with E-state index in [0.717, 1.165) is 26.3 Å². The van der Waals surface area contributed by atoms with E-state index in [2.05, 4.69) is 15.3 Å². The standard InChI is InChI=1S/C10H14N4O2/c15-9(8-14-4-6-16-7-5-14)13-10-11-2-1-3-12-10/h1-3H,4-8H2,(H,11,12,13,15)/p+1. The Balaban J connectivity index is 1.80. The summed E-state index contributed by atoms with van der Waals surface area (Å²) < 4.78 is 5.22. The van der Waals surface area contributed by atoms with Gasteiger partial charge in [-0.2, -0.15) is 0 Å². The molecule has 1 aliphatic heterocycles. The Kier molecular flexibility index (Phi) is 3.79. The highest BCUT2D eigenvalue weighted by Crippen LogP contribution is 1.92. The predicted molar refractivity (Wildman–Crippen MR) is 57.0 cm³/mol. The Bertz CT molecular complexity index is 338. The third kappa shape index (κ3) is 3.25. The molecule has 0 unspecified atom stereocenters. The first-order valence-electron chi connectivity index (χ1n) is 5.33. The second-order valence-corrected chi connectivity index (χ2v) is 3.66. The molecule has 2 heterocycles. The van der Waals surface area contributed by atoms with E-state index in [4.69, 9.17) is 4.74 Å². The average Bonchev–Trinajstić information content (AvgIpc) is 2.31. The van der Waals surface area contributed by atoms with Crippen molar-refractivity contribution < 1.29 is 14.4 Å². The summed E-state index contributed by atoms with van der Waals surface area (Å²) in [5.41, 5.74) is 0. The van der Waals surface area contributed by atoms with E-state index < -0.39 is 0 Å². The second kappa shape index (κ2) is 5.53. The Hall–Kier alpha value is -1.53. The van der Waals surface area contributed by atoms with Crippen LogP contribution in [0.1, 0.15) is 0 Å². The Morgan fingerprint density at radius 1 is 1.38 bits per heavy atom. The molecule has 6 heteroatoms. The number of quaternary nitrogens is 1. The molecule has 0 aromatic carbocycles. The molecule has 16 heavy (non-hydrogen) atoms. The number of anilines is 1. The lowest BCUT2D eigenvalue weighted by molar-refractivity contribution is -0.899. The fourth-order valence-corrected chi connectivity index (χ4v) is 1.60. The van der Waals surface area contributed by atoms with Crippen LogP contribution in [0.4, 0.5) is 5.95 Å². The van der Waals surface area contributed by atoms with Gasteiger partial charge in [-0.3, -0.25) is 10.1 Å². The molecule has 0 radical (unpaired) electrons. The summed E-state index contributed by atoms with van der Waals surface area (Å²) in [4.78, 5) is 20.7. The van der Waals surface area contributed by atoms with Gasteiger partial charge in [0.1, 0.15) is 13.1 Å². The number of nitrogens with one attached hydrogen (secondary N) is 2. The van der Waals surface area contributed by atoms with Gasteiger partial charge in [-0.05, 0) is 6.07 Å². The van der Waals surface area contributed by atoms with Crippen LogP contribution in [0.5, 0.6) is 0 Å². The Morgan fingerprint density at radius 2 is 2.06 bits per heavy atom. The van der Waals surface area contributed by atoms with Crippen LogP contribution in [0.3, 0.4) is 0 Å². The summed E-state index contributed by atoms with van der Waals surface area (Å²) in [6, 6.07) is 1.71. The summed E-state index contributed by atoms with van der Waals surface area (Å²) in [5.74, 6) is 0.309. The smallest absolute Gasteiger partial charge is 0.281 e. The fraction of sp³-hybridized carbons (Fsp3) is 0.500. The molecular weight excluding hydrogens is 208 g/mol. The molecule has 6 nitrogen and oxygen atoms in total. The van der Waals surface area contributed by atoms with Crippen LogP contribution >= 0.6 is 0 Å². The minimum atomic E-state index is -0.0527. The summed E-state index contributed by atoms with van der Waals surface area (Å²) in [7, 11) is 0. The number of morpholine rings is 1. The van der Waals surface area contributed by atoms with E-state index in [9.17, 15) is 4.79 Å². The largest absolute Gasteiger partial charge is 0.370 e. The highest BCUT2D eigenvalue weighted by Gasteiger charge is 2.17. The van der Waals surface area contributed by atoms with Gasteiger partial charge in [0.15, 0.2) is 6.54 Å². The van der Waals surface area contributed by atoms with E-state index in [1.54, 1.807) is 18.5 Å². The zero-order valence-corrected chi connectivity index (χ0v) is 8.98. The molecule has 1 aromatic rings. The van der Waals surface area contributed by atoms with Gasteiger partial charge < -0.3 is 9.64 Å². The molecule has 0 spiro atoms. The molecule has 0 aliphatic carbocycles. The normalized spacial score (nSPS) is 17.0. The maximum atomic E-state index is 11.6. The molecule has 1 amide bonds. The highest BCUT2D eigenvalue weighted by atomic mass is 16.5. The molecule has 0 atom stereocenters. The number of rotatable bonds is 3. The minimum absolute atomic E-state index is 0.0527. The topological polar surface area (TPSA) is 68.6 Å². The van der Waals surface area contributed by atoms with Crippen molar-refractivity contribution in [2.45, 2.75) is 0 Å². The molecule has 1 aromatic heterocycles. The maximum absolute atomic E-state index is 11.6. The molecule has 1 aliphatic rings. The van der Waals surface area contributed by atoms with E-state index in [-0.39, 0.29) is 5.91 Å². The van der Waals surface area contributed by atoms with E-state index in [1.165, 1.54) is 4.90 Å². The number of nitrogens with zero attached hydrogens (tertiary/aromatic N) is 2. The molecule has 2 rings (SSSR count). The highest BCUT2D eigenvalue weighted by molar-refractivity contribution is 5.89. The first kappa shape index (κ1) is 11.0. The summed E-state index contributed by atoms with van der Waals surface area (Å²) in [5, 5.41) is 2.67. The molecule has 2 N–H and O–H groups in total. The lowest BCUT2D eigenvalue weighted by Crippen LogP contribution is -3.15. The summed E-state index contributed by atoms with van der Waals surface area (Å²) >= 11 is 0. The van der Waals surface area contributed by atoms with Gasteiger partial charge in [-0.25, -0.2) is 9.97 Å². The predicted octanol–water partition coefficient (Wildman–Crippen LogP) is -1.67. The average molecular weight is 223 g/mol. The number of aromatic nitrogens is 2. The van der Waals surface area contributed by atoms with Crippen LogP contribution in [0, 0.1) is 0 Å². The first-order chi connectivity index (χ1) is 7.84. The molecular formula is C10H15N4O2+. The van der Waals surface area contributed by atoms with Gasteiger partial charge in [0, 0.05) is 12.4 Å². The van der Waals surface area contributed by atoms with Crippen molar-refractivity contribution in [3.05, 3.63) is 18.5 Å². The van der Waals surface area contributed by atoms with E-state index >= 15 is 0 Å². The van der Waals surface area contributed by atoms with Crippen LogP contribution in [-0.4, -0.2) is 48.7 Å². The van der Waals surface area contributed by atoms with Crippen molar-refractivity contribution in [3.8, 4) is 0 Å². The van der Waals surface area contributed by atoms with Crippen molar-refractivity contribution in [2.75, 3.05) is 38.2 Å². The summed E-state index contributed by atoms with van der Waals surface area (Å²) in [6.07, 6.45) is 3.20. The van der Waals surface area contributed by atoms with Gasteiger partial charge >= 0.3 is 0 Å². The fourth-order valence-electron chi connectivity index (χ4n) is 1.60. The third-order valence-electron chi connectivity index (χ3n) is 2.43. The Morgan fingerprint density at radius 3 is 2.75 bits per heavy atom. The van der Waals surface area contributed by atoms with Crippen molar-refractivity contribution in [1.82, 2.24) is 9.97 Å². The molecule has 86 valence electrons. The van der Waals surface area contributed by atoms with E-state index in [0.29, 0.717) is 12.5 Å². The lowest BCUT2D eigenvalue weighted by atomic mass is 10.4. The van der Waals surface area contributed by atoms with Crippen LogP contribution in [0.15, 0.2) is 18.5 Å². The monoisotopic (exact) mass is 223 g/mol. The van der Waals surface area contributed by atoms with Gasteiger partial charge in [-0.1, -0.05) is 0 Å². The van der Waals surface area contributed by atoms with Gasteiger partial charge in [0.25, 0.3) is 5.91 Å². The zero-order chi connectivity index (χ0) is 11.2. The number of carbonyl (C=O) groups excluding carboxylic acids is 1. The van der Waals surface area contributed by atoms with Gasteiger partial charge in [-0.15, -0.1) is 0 Å². The quantitative estimate of drug-likeness (QED) is 0.643.